The second-order valence-electron chi connectivity index (χ2n) is 5.91. The smallest absolute Gasteiger partial charge is 0.0834 e. The molecule has 1 unspecified atom stereocenters. The van der Waals surface area contributed by atoms with Crippen molar-refractivity contribution in [2.24, 2.45) is 5.41 Å². The number of ether oxygens (including phenoxy) is 1. The highest BCUT2D eigenvalue weighted by atomic mass is 16.5. The molecule has 1 N–H and O–H groups in total. The van der Waals surface area contributed by atoms with Gasteiger partial charge in [-0.1, -0.05) is 20.8 Å². The highest BCUT2D eigenvalue weighted by molar-refractivity contribution is 4.97. The summed E-state index contributed by atoms with van der Waals surface area (Å²) in [6, 6.07) is 0.503. The highest BCUT2D eigenvalue weighted by Crippen LogP contribution is 2.44. The summed E-state index contributed by atoms with van der Waals surface area (Å²) in [5.74, 6) is 0. The van der Waals surface area contributed by atoms with Crippen LogP contribution in [0, 0.1) is 5.41 Å². The molecule has 2 heteroatoms. The second kappa shape index (κ2) is 5.50. The van der Waals surface area contributed by atoms with Gasteiger partial charge in [0.05, 0.1) is 5.60 Å². The van der Waals surface area contributed by atoms with E-state index in [1.54, 1.807) is 0 Å². The van der Waals surface area contributed by atoms with E-state index in [4.69, 9.17) is 4.74 Å². The lowest BCUT2D eigenvalue weighted by Crippen LogP contribution is -2.54. The monoisotopic (exact) mass is 227 g/mol. The largest absolute Gasteiger partial charge is 0.374 e. The summed E-state index contributed by atoms with van der Waals surface area (Å²) in [5.41, 5.74) is 0.598. The number of likely N-dealkylation sites (N-methyl/N-ethyl adjacent to an activating group) is 1. The third kappa shape index (κ3) is 2.98. The molecule has 1 saturated carbocycles. The van der Waals surface area contributed by atoms with E-state index in [0.29, 0.717) is 11.5 Å². The first-order chi connectivity index (χ1) is 7.49. The molecule has 0 saturated heterocycles. The van der Waals surface area contributed by atoms with Gasteiger partial charge in [0.25, 0.3) is 0 Å². The summed E-state index contributed by atoms with van der Waals surface area (Å²) < 4.78 is 6.15. The first kappa shape index (κ1) is 14.0. The molecule has 0 aromatic heterocycles. The van der Waals surface area contributed by atoms with Gasteiger partial charge in [0.1, 0.15) is 0 Å². The zero-order valence-electron chi connectivity index (χ0n) is 11.7. The predicted octanol–water partition coefficient (Wildman–Crippen LogP) is 3.36. The van der Waals surface area contributed by atoms with Crippen molar-refractivity contribution < 1.29 is 4.74 Å². The molecule has 0 heterocycles. The SMILES string of the molecule is CCOC1(C(CC)NC)CCC(C)(C)CC1. The third-order valence-electron chi connectivity index (χ3n) is 4.27. The fourth-order valence-corrected chi connectivity index (χ4v) is 3.07. The van der Waals surface area contributed by atoms with Gasteiger partial charge in [-0.15, -0.1) is 0 Å². The molecule has 0 bridgehead atoms. The average Bonchev–Trinajstić information content (AvgIpc) is 2.24. The van der Waals surface area contributed by atoms with Crippen LogP contribution in [0.15, 0.2) is 0 Å². The lowest BCUT2D eigenvalue weighted by Gasteiger charge is -2.47. The Bertz CT molecular complexity index is 199. The van der Waals surface area contributed by atoms with Crippen LogP contribution in [0.25, 0.3) is 0 Å². The van der Waals surface area contributed by atoms with Gasteiger partial charge >= 0.3 is 0 Å². The van der Waals surface area contributed by atoms with Crippen molar-refractivity contribution in [2.75, 3.05) is 13.7 Å². The van der Waals surface area contributed by atoms with Crippen molar-refractivity contribution in [1.82, 2.24) is 5.32 Å². The number of hydrogen-bond donors (Lipinski definition) is 1. The summed E-state index contributed by atoms with van der Waals surface area (Å²) in [5, 5.41) is 3.45. The minimum absolute atomic E-state index is 0.0910. The van der Waals surface area contributed by atoms with Crippen LogP contribution in [0.1, 0.15) is 59.8 Å². The Morgan fingerprint density at radius 3 is 2.06 bits per heavy atom. The molecule has 96 valence electrons. The van der Waals surface area contributed by atoms with Gasteiger partial charge in [-0.3, -0.25) is 0 Å². The number of nitrogens with one attached hydrogen (secondary N) is 1. The van der Waals surface area contributed by atoms with Gasteiger partial charge in [0.2, 0.25) is 0 Å². The Morgan fingerprint density at radius 2 is 1.69 bits per heavy atom. The molecule has 0 aromatic rings. The van der Waals surface area contributed by atoms with Crippen LogP contribution in [0.5, 0.6) is 0 Å². The molecule has 1 atom stereocenters. The van der Waals surface area contributed by atoms with Crippen molar-refractivity contribution >= 4 is 0 Å². The van der Waals surface area contributed by atoms with Gasteiger partial charge < -0.3 is 10.1 Å². The molecule has 2 nitrogen and oxygen atoms in total. The average molecular weight is 227 g/mol. The second-order valence-corrected chi connectivity index (χ2v) is 5.91. The Hall–Kier alpha value is -0.0800. The van der Waals surface area contributed by atoms with Gasteiger partial charge in [-0.05, 0) is 51.5 Å². The van der Waals surface area contributed by atoms with Crippen molar-refractivity contribution in [3.05, 3.63) is 0 Å². The minimum atomic E-state index is 0.0910. The van der Waals surface area contributed by atoms with Crippen LogP contribution >= 0.6 is 0 Å². The maximum absolute atomic E-state index is 6.15. The molecule has 16 heavy (non-hydrogen) atoms. The van der Waals surface area contributed by atoms with E-state index in [2.05, 4.69) is 40.1 Å². The zero-order valence-corrected chi connectivity index (χ0v) is 11.7. The zero-order chi connectivity index (χ0) is 12.2. The van der Waals surface area contributed by atoms with Gasteiger partial charge in [-0.25, -0.2) is 0 Å². The van der Waals surface area contributed by atoms with Crippen LogP contribution in [0.4, 0.5) is 0 Å². The summed E-state index contributed by atoms with van der Waals surface area (Å²) in [6.45, 7) is 9.95. The third-order valence-corrected chi connectivity index (χ3v) is 4.27. The van der Waals surface area contributed by atoms with Crippen molar-refractivity contribution in [3.63, 3.8) is 0 Å². The molecule has 0 spiro atoms. The van der Waals surface area contributed by atoms with Crippen molar-refractivity contribution in [3.8, 4) is 0 Å². The van der Waals surface area contributed by atoms with Gasteiger partial charge in [0, 0.05) is 12.6 Å². The molecule has 1 aliphatic carbocycles. The molecule has 0 aromatic carbocycles. The molecule has 0 amide bonds. The lowest BCUT2D eigenvalue weighted by molar-refractivity contribution is -0.105. The maximum atomic E-state index is 6.15. The van der Waals surface area contributed by atoms with Gasteiger partial charge in [-0.2, -0.15) is 0 Å². The molecular weight excluding hydrogens is 198 g/mol. The van der Waals surface area contributed by atoms with Gasteiger partial charge in [0.15, 0.2) is 0 Å². The van der Waals surface area contributed by atoms with Crippen LogP contribution < -0.4 is 5.32 Å². The number of hydrogen-bond acceptors (Lipinski definition) is 2. The molecule has 1 aliphatic rings. The molecular formula is C14H29NO. The Labute approximate surface area is 101 Å². The topological polar surface area (TPSA) is 21.3 Å². The van der Waals surface area contributed by atoms with Crippen molar-refractivity contribution in [2.45, 2.75) is 71.4 Å². The quantitative estimate of drug-likeness (QED) is 0.777. The normalized spacial score (nSPS) is 25.3. The van der Waals surface area contributed by atoms with Crippen LogP contribution in [-0.2, 0) is 4.74 Å². The fraction of sp³-hybridized carbons (Fsp3) is 1.00. The summed E-state index contributed by atoms with van der Waals surface area (Å²) in [7, 11) is 2.06. The van der Waals surface area contributed by atoms with E-state index in [1.807, 2.05) is 0 Å². The Morgan fingerprint density at radius 1 is 1.12 bits per heavy atom. The highest BCUT2D eigenvalue weighted by Gasteiger charge is 2.43. The van der Waals surface area contributed by atoms with E-state index in [9.17, 15) is 0 Å². The van der Waals surface area contributed by atoms with E-state index in [1.165, 1.54) is 25.7 Å². The maximum Gasteiger partial charge on any atom is 0.0834 e. The summed E-state index contributed by atoms with van der Waals surface area (Å²) in [6.07, 6.45) is 6.12. The Balaban J connectivity index is 2.74. The van der Waals surface area contributed by atoms with E-state index < -0.39 is 0 Å². The molecule has 1 rings (SSSR count). The van der Waals surface area contributed by atoms with Crippen LogP contribution in [-0.4, -0.2) is 25.3 Å². The molecule has 1 fully saturated rings. The number of rotatable bonds is 5. The van der Waals surface area contributed by atoms with Crippen molar-refractivity contribution in [1.29, 1.82) is 0 Å². The predicted molar refractivity (Wildman–Crippen MR) is 69.7 cm³/mol. The first-order valence-corrected chi connectivity index (χ1v) is 6.81. The van der Waals surface area contributed by atoms with Crippen LogP contribution in [0.3, 0.4) is 0 Å². The summed E-state index contributed by atoms with van der Waals surface area (Å²) in [4.78, 5) is 0. The Kier molecular flexibility index (Phi) is 4.81. The molecule has 0 radical (unpaired) electrons. The van der Waals surface area contributed by atoms with E-state index in [0.717, 1.165) is 13.0 Å². The summed E-state index contributed by atoms with van der Waals surface area (Å²) >= 11 is 0. The van der Waals surface area contributed by atoms with E-state index >= 15 is 0 Å². The standard InChI is InChI=1S/C14H29NO/c1-6-12(15-5)14(16-7-2)10-8-13(3,4)9-11-14/h12,15H,6-11H2,1-5H3. The van der Waals surface area contributed by atoms with Crippen LogP contribution in [0.2, 0.25) is 0 Å². The minimum Gasteiger partial charge on any atom is -0.374 e. The molecule has 0 aliphatic heterocycles. The first-order valence-electron chi connectivity index (χ1n) is 6.81. The fourth-order valence-electron chi connectivity index (χ4n) is 3.07. The van der Waals surface area contributed by atoms with E-state index in [-0.39, 0.29) is 5.60 Å². The lowest BCUT2D eigenvalue weighted by atomic mass is 9.68.